The average molecular weight is 310 g/mol. The topological polar surface area (TPSA) is 35.0 Å². The van der Waals surface area contributed by atoms with Gasteiger partial charge in [-0.1, -0.05) is 13.8 Å². The molecule has 2 heterocycles. The van der Waals surface area contributed by atoms with Gasteiger partial charge in [0.15, 0.2) is 0 Å². The molecule has 0 radical (unpaired) electrons. The number of ether oxygens (including phenoxy) is 1. The summed E-state index contributed by atoms with van der Waals surface area (Å²) < 4.78 is 5.20. The maximum Gasteiger partial charge on any atom is 0.124 e. The molecule has 0 atom stereocenters. The smallest absolute Gasteiger partial charge is 0.124 e. The maximum absolute atomic E-state index is 5.20. The first kappa shape index (κ1) is 14.7. The molecule has 2 aromatic heterocycles. The molecule has 0 unspecified atom stereocenters. The summed E-state index contributed by atoms with van der Waals surface area (Å²) in [4.78, 5) is 9.04. The molecule has 0 saturated carbocycles. The predicted octanol–water partition coefficient (Wildman–Crippen LogP) is 5.00. The standard InChI is InChI=1S/C18H18N2OS/c1-12(2)15-8-9-19-10-16(15)17-11-22-18(20-17)13-4-6-14(21-3)7-5-13/h4-12H,1-3H3. The molecule has 0 fully saturated rings. The highest BCUT2D eigenvalue weighted by Gasteiger charge is 2.12. The number of hydrogen-bond donors (Lipinski definition) is 0. The van der Waals surface area contributed by atoms with Crippen molar-refractivity contribution in [2.45, 2.75) is 19.8 Å². The van der Waals surface area contributed by atoms with Gasteiger partial charge in [0.05, 0.1) is 12.8 Å². The molecule has 0 aliphatic rings. The van der Waals surface area contributed by atoms with Crippen LogP contribution in [0.4, 0.5) is 0 Å². The van der Waals surface area contributed by atoms with E-state index in [-0.39, 0.29) is 0 Å². The van der Waals surface area contributed by atoms with Gasteiger partial charge in [-0.3, -0.25) is 4.98 Å². The third kappa shape index (κ3) is 2.88. The van der Waals surface area contributed by atoms with Crippen LogP contribution in [0.15, 0.2) is 48.1 Å². The van der Waals surface area contributed by atoms with Gasteiger partial charge >= 0.3 is 0 Å². The second kappa shape index (κ2) is 6.28. The van der Waals surface area contributed by atoms with E-state index in [9.17, 15) is 0 Å². The quantitative estimate of drug-likeness (QED) is 0.680. The lowest BCUT2D eigenvalue weighted by Gasteiger charge is -2.09. The van der Waals surface area contributed by atoms with Crippen LogP contribution in [0.5, 0.6) is 5.75 Å². The zero-order chi connectivity index (χ0) is 15.5. The summed E-state index contributed by atoms with van der Waals surface area (Å²) >= 11 is 1.65. The summed E-state index contributed by atoms with van der Waals surface area (Å²) in [6, 6.07) is 10.1. The third-order valence-corrected chi connectivity index (χ3v) is 4.49. The first-order valence-electron chi connectivity index (χ1n) is 7.23. The van der Waals surface area contributed by atoms with Gasteiger partial charge in [-0.2, -0.15) is 0 Å². The van der Waals surface area contributed by atoms with E-state index in [1.54, 1.807) is 18.4 Å². The number of pyridine rings is 1. The molecule has 0 aliphatic heterocycles. The SMILES string of the molecule is COc1ccc(-c2nc(-c3cnccc3C(C)C)cs2)cc1. The first-order valence-corrected chi connectivity index (χ1v) is 8.11. The van der Waals surface area contributed by atoms with E-state index in [4.69, 9.17) is 9.72 Å². The fraction of sp³-hybridized carbons (Fsp3) is 0.222. The lowest BCUT2D eigenvalue weighted by Crippen LogP contribution is -1.93. The highest BCUT2D eigenvalue weighted by atomic mass is 32.1. The summed E-state index contributed by atoms with van der Waals surface area (Å²) in [5.74, 6) is 1.30. The van der Waals surface area contributed by atoms with Crippen LogP contribution < -0.4 is 4.74 Å². The first-order chi connectivity index (χ1) is 10.7. The van der Waals surface area contributed by atoms with Gasteiger partial charge < -0.3 is 4.74 Å². The van der Waals surface area contributed by atoms with Crippen LogP contribution in [0.1, 0.15) is 25.3 Å². The minimum Gasteiger partial charge on any atom is -0.497 e. The Bertz CT molecular complexity index is 763. The van der Waals surface area contributed by atoms with Crippen molar-refractivity contribution < 1.29 is 4.74 Å². The van der Waals surface area contributed by atoms with Crippen molar-refractivity contribution >= 4 is 11.3 Å². The molecule has 4 heteroatoms. The second-order valence-electron chi connectivity index (χ2n) is 5.38. The molecule has 3 nitrogen and oxygen atoms in total. The molecule has 0 spiro atoms. The molecule has 22 heavy (non-hydrogen) atoms. The molecule has 0 amide bonds. The number of aromatic nitrogens is 2. The average Bonchev–Trinajstić information content (AvgIpc) is 3.04. The summed E-state index contributed by atoms with van der Waals surface area (Å²) in [5.41, 5.74) is 4.50. The largest absolute Gasteiger partial charge is 0.497 e. The van der Waals surface area contributed by atoms with Gasteiger partial charge in [0.2, 0.25) is 0 Å². The second-order valence-corrected chi connectivity index (χ2v) is 6.24. The summed E-state index contributed by atoms with van der Waals surface area (Å²) in [5, 5.41) is 3.11. The van der Waals surface area contributed by atoms with Crippen LogP contribution >= 0.6 is 11.3 Å². The number of methoxy groups -OCH3 is 1. The lowest BCUT2D eigenvalue weighted by molar-refractivity contribution is 0.415. The predicted molar refractivity (Wildman–Crippen MR) is 91.4 cm³/mol. The van der Waals surface area contributed by atoms with Crippen molar-refractivity contribution in [2.24, 2.45) is 0 Å². The molecule has 0 aliphatic carbocycles. The van der Waals surface area contributed by atoms with Crippen molar-refractivity contribution in [3.63, 3.8) is 0 Å². The Kier molecular flexibility index (Phi) is 4.20. The molecule has 0 saturated heterocycles. The number of rotatable bonds is 4. The molecular weight excluding hydrogens is 292 g/mol. The van der Waals surface area contributed by atoms with Gasteiger partial charge in [0.1, 0.15) is 10.8 Å². The number of hydrogen-bond acceptors (Lipinski definition) is 4. The zero-order valence-corrected chi connectivity index (χ0v) is 13.7. The molecule has 0 N–H and O–H groups in total. The van der Waals surface area contributed by atoms with Gasteiger partial charge in [0.25, 0.3) is 0 Å². The normalized spacial score (nSPS) is 10.9. The van der Waals surface area contributed by atoms with E-state index in [2.05, 4.69) is 30.3 Å². The molecule has 3 aromatic rings. The molecule has 112 valence electrons. The van der Waals surface area contributed by atoms with Crippen LogP contribution in [-0.2, 0) is 0 Å². The van der Waals surface area contributed by atoms with E-state index in [0.717, 1.165) is 27.6 Å². The summed E-state index contributed by atoms with van der Waals surface area (Å²) in [7, 11) is 1.67. The Morgan fingerprint density at radius 3 is 2.55 bits per heavy atom. The lowest BCUT2D eigenvalue weighted by atomic mass is 9.98. The van der Waals surface area contributed by atoms with Gasteiger partial charge in [-0.25, -0.2) is 4.98 Å². The minimum atomic E-state index is 0.448. The van der Waals surface area contributed by atoms with Crippen molar-refractivity contribution in [1.82, 2.24) is 9.97 Å². The summed E-state index contributed by atoms with van der Waals surface area (Å²) in [6.07, 6.45) is 3.75. The summed E-state index contributed by atoms with van der Waals surface area (Å²) in [6.45, 7) is 4.38. The Labute approximate surface area is 134 Å². The van der Waals surface area contributed by atoms with E-state index in [0.29, 0.717) is 5.92 Å². The van der Waals surface area contributed by atoms with E-state index in [1.807, 2.05) is 36.7 Å². The van der Waals surface area contributed by atoms with E-state index in [1.165, 1.54) is 5.56 Å². The number of nitrogens with zero attached hydrogens (tertiary/aromatic N) is 2. The van der Waals surface area contributed by atoms with Crippen molar-refractivity contribution in [3.8, 4) is 27.6 Å². The van der Waals surface area contributed by atoms with Crippen LogP contribution in [0.25, 0.3) is 21.8 Å². The van der Waals surface area contributed by atoms with Gasteiger partial charge in [-0.15, -0.1) is 11.3 Å². The van der Waals surface area contributed by atoms with Crippen LogP contribution in [-0.4, -0.2) is 17.1 Å². The third-order valence-electron chi connectivity index (χ3n) is 3.59. The van der Waals surface area contributed by atoms with Crippen LogP contribution in [0.3, 0.4) is 0 Å². The monoisotopic (exact) mass is 310 g/mol. The Morgan fingerprint density at radius 2 is 1.86 bits per heavy atom. The van der Waals surface area contributed by atoms with Crippen molar-refractivity contribution in [3.05, 3.63) is 53.7 Å². The van der Waals surface area contributed by atoms with Crippen LogP contribution in [0.2, 0.25) is 0 Å². The fourth-order valence-corrected chi connectivity index (χ4v) is 3.21. The highest BCUT2D eigenvalue weighted by molar-refractivity contribution is 7.13. The fourth-order valence-electron chi connectivity index (χ4n) is 2.39. The highest BCUT2D eigenvalue weighted by Crippen LogP contribution is 2.33. The van der Waals surface area contributed by atoms with Gasteiger partial charge in [-0.05, 0) is 41.8 Å². The van der Waals surface area contributed by atoms with Crippen molar-refractivity contribution in [2.75, 3.05) is 7.11 Å². The van der Waals surface area contributed by atoms with E-state index >= 15 is 0 Å². The van der Waals surface area contributed by atoms with Gasteiger partial charge in [0, 0.05) is 28.9 Å². The molecular formula is C18H18N2OS. The Balaban J connectivity index is 1.97. The number of benzene rings is 1. The molecule has 3 rings (SSSR count). The maximum atomic E-state index is 5.20. The van der Waals surface area contributed by atoms with Crippen molar-refractivity contribution in [1.29, 1.82) is 0 Å². The number of thiazole rings is 1. The van der Waals surface area contributed by atoms with Crippen LogP contribution in [0, 0.1) is 0 Å². The Hall–Kier alpha value is -2.20. The molecule has 0 bridgehead atoms. The van der Waals surface area contributed by atoms with E-state index < -0.39 is 0 Å². The zero-order valence-electron chi connectivity index (χ0n) is 12.9. The molecule has 1 aromatic carbocycles. The Morgan fingerprint density at radius 1 is 1.09 bits per heavy atom. The minimum absolute atomic E-state index is 0.448.